The predicted molar refractivity (Wildman–Crippen MR) is 144 cm³/mol. The Hall–Kier alpha value is -3.47. The van der Waals surface area contributed by atoms with E-state index in [1.54, 1.807) is 26.8 Å². The Morgan fingerprint density at radius 2 is 1.95 bits per heavy atom. The number of aromatic nitrogens is 3. The van der Waals surface area contributed by atoms with Crippen molar-refractivity contribution in [2.75, 3.05) is 42.2 Å². The molecule has 1 aliphatic heterocycles. The van der Waals surface area contributed by atoms with Gasteiger partial charge in [-0.25, -0.2) is 9.78 Å². The molecule has 2 saturated carbocycles. The zero-order chi connectivity index (χ0) is 27.0. The third-order valence-corrected chi connectivity index (χ3v) is 7.13. The smallest absolute Gasteiger partial charge is 0.412 e. The molecule has 2 aromatic heterocycles. The van der Waals surface area contributed by atoms with Gasteiger partial charge in [-0.1, -0.05) is 0 Å². The third kappa shape index (κ3) is 5.98. The first-order valence-corrected chi connectivity index (χ1v) is 13.4. The van der Waals surface area contributed by atoms with Gasteiger partial charge in [0.25, 0.3) is 0 Å². The van der Waals surface area contributed by atoms with E-state index in [0.29, 0.717) is 48.5 Å². The Bertz CT molecular complexity index is 1210. The summed E-state index contributed by atoms with van der Waals surface area (Å²) in [7, 11) is 0. The number of pyridine rings is 1. The standard InChI is InChI=1S/C27H37N7O4/c1-27(2,3)38-26(37)30-18-12-21(32-29-14-18)19-13-20(28)25(31-24(19)17-6-7-17)33-9-10-34(23(36)8-11-35)22(15-33)16-4-5-16/h12-14,16-17,22,35H,4-11,15,28H2,1-3H3,(H,30,32,37)/t22-/m0/s1. The monoisotopic (exact) mass is 523 g/mol. The lowest BCUT2D eigenvalue weighted by Crippen LogP contribution is -2.56. The van der Waals surface area contributed by atoms with Crippen molar-refractivity contribution in [3.8, 4) is 11.3 Å². The van der Waals surface area contributed by atoms with E-state index >= 15 is 0 Å². The van der Waals surface area contributed by atoms with Gasteiger partial charge in [0.05, 0.1) is 41.6 Å². The molecule has 1 saturated heterocycles. The maximum atomic E-state index is 12.6. The number of nitrogens with zero attached hydrogens (tertiary/aromatic N) is 5. The van der Waals surface area contributed by atoms with E-state index in [2.05, 4.69) is 20.4 Å². The van der Waals surface area contributed by atoms with Gasteiger partial charge in [-0.05, 0) is 64.5 Å². The number of carbonyl (C=O) groups excluding carboxylic acids is 2. The Balaban J connectivity index is 1.40. The molecule has 2 aliphatic carbocycles. The Morgan fingerprint density at radius 3 is 2.61 bits per heavy atom. The average Bonchev–Trinajstić information content (AvgIpc) is 3.76. The van der Waals surface area contributed by atoms with Crippen LogP contribution in [0, 0.1) is 5.92 Å². The molecule has 5 rings (SSSR count). The van der Waals surface area contributed by atoms with Crippen LogP contribution < -0.4 is 16.0 Å². The lowest BCUT2D eigenvalue weighted by Gasteiger charge is -2.42. The van der Waals surface area contributed by atoms with E-state index in [1.807, 2.05) is 11.0 Å². The van der Waals surface area contributed by atoms with E-state index in [4.69, 9.17) is 15.5 Å². The number of rotatable bonds is 7. The number of aliphatic hydroxyl groups excluding tert-OH is 1. The zero-order valence-electron chi connectivity index (χ0n) is 22.3. The lowest BCUT2D eigenvalue weighted by atomic mass is 10.0. The second-order valence-corrected chi connectivity index (χ2v) is 11.5. The third-order valence-electron chi connectivity index (χ3n) is 7.13. The highest BCUT2D eigenvalue weighted by atomic mass is 16.6. The van der Waals surface area contributed by atoms with Crippen molar-refractivity contribution in [2.24, 2.45) is 5.92 Å². The van der Waals surface area contributed by atoms with Gasteiger partial charge in [0.2, 0.25) is 5.91 Å². The highest BCUT2D eigenvalue weighted by Crippen LogP contribution is 2.46. The van der Waals surface area contributed by atoms with Crippen LogP contribution >= 0.6 is 0 Å². The largest absolute Gasteiger partial charge is 0.444 e. The predicted octanol–water partition coefficient (Wildman–Crippen LogP) is 3.15. The first kappa shape index (κ1) is 26.1. The SMILES string of the molecule is CC(C)(C)OC(=O)Nc1cnnc(-c2cc(N)c(N3CCN(C(=O)CCO)[C@H](C4CC4)C3)nc2C2CC2)c1. The summed E-state index contributed by atoms with van der Waals surface area (Å²) in [5.74, 6) is 1.56. The van der Waals surface area contributed by atoms with E-state index in [9.17, 15) is 14.7 Å². The minimum absolute atomic E-state index is 0.0115. The molecular formula is C27H37N7O4. The molecule has 11 heteroatoms. The van der Waals surface area contributed by atoms with Crippen LogP contribution in [0.4, 0.5) is 22.0 Å². The Kier molecular flexibility index (Phi) is 7.13. The molecule has 1 atom stereocenters. The lowest BCUT2D eigenvalue weighted by molar-refractivity contribution is -0.135. The van der Waals surface area contributed by atoms with Gasteiger partial charge in [0, 0.05) is 37.5 Å². The van der Waals surface area contributed by atoms with Crippen LogP contribution in [-0.4, -0.2) is 75.1 Å². The van der Waals surface area contributed by atoms with Crippen LogP contribution in [0.1, 0.15) is 64.5 Å². The van der Waals surface area contributed by atoms with Gasteiger partial charge in [-0.15, -0.1) is 0 Å². The summed E-state index contributed by atoms with van der Waals surface area (Å²) in [6.07, 6.45) is 5.39. The fraction of sp³-hybridized carbons (Fsp3) is 0.593. The van der Waals surface area contributed by atoms with Crippen LogP contribution in [0.5, 0.6) is 0 Å². The Labute approximate surface area is 222 Å². The van der Waals surface area contributed by atoms with Crippen LogP contribution in [0.15, 0.2) is 18.3 Å². The van der Waals surface area contributed by atoms with Gasteiger partial charge in [0.1, 0.15) is 5.60 Å². The zero-order valence-corrected chi connectivity index (χ0v) is 22.3. The van der Waals surface area contributed by atoms with Gasteiger partial charge in [-0.2, -0.15) is 10.2 Å². The second kappa shape index (κ2) is 10.4. The van der Waals surface area contributed by atoms with Crippen LogP contribution in [0.2, 0.25) is 0 Å². The molecule has 3 fully saturated rings. The number of piperazine rings is 1. The molecule has 204 valence electrons. The molecule has 4 N–H and O–H groups in total. The normalized spacial score (nSPS) is 19.8. The van der Waals surface area contributed by atoms with Crippen molar-refractivity contribution in [1.82, 2.24) is 20.1 Å². The van der Waals surface area contributed by atoms with Gasteiger partial charge >= 0.3 is 6.09 Å². The molecule has 3 aliphatic rings. The maximum Gasteiger partial charge on any atom is 0.412 e. The molecule has 0 radical (unpaired) electrons. The summed E-state index contributed by atoms with van der Waals surface area (Å²) in [4.78, 5) is 34.1. The van der Waals surface area contributed by atoms with Crippen LogP contribution in [0.3, 0.4) is 0 Å². The van der Waals surface area contributed by atoms with Crippen molar-refractivity contribution in [3.05, 3.63) is 24.0 Å². The van der Waals surface area contributed by atoms with E-state index < -0.39 is 11.7 Å². The van der Waals surface area contributed by atoms with Crippen molar-refractivity contribution < 1.29 is 19.4 Å². The Morgan fingerprint density at radius 1 is 1.18 bits per heavy atom. The van der Waals surface area contributed by atoms with Crippen LogP contribution in [0.25, 0.3) is 11.3 Å². The van der Waals surface area contributed by atoms with Crippen molar-refractivity contribution in [2.45, 2.75) is 70.4 Å². The van der Waals surface area contributed by atoms with Crippen molar-refractivity contribution >= 4 is 29.2 Å². The average molecular weight is 524 g/mol. The number of amides is 2. The minimum atomic E-state index is -0.614. The minimum Gasteiger partial charge on any atom is -0.444 e. The van der Waals surface area contributed by atoms with Crippen LogP contribution in [-0.2, 0) is 9.53 Å². The fourth-order valence-corrected chi connectivity index (χ4v) is 5.08. The summed E-state index contributed by atoms with van der Waals surface area (Å²) >= 11 is 0. The molecule has 3 heterocycles. The molecule has 0 spiro atoms. The highest BCUT2D eigenvalue weighted by molar-refractivity contribution is 5.86. The summed E-state index contributed by atoms with van der Waals surface area (Å²) in [5.41, 5.74) is 9.32. The number of ether oxygens (including phenoxy) is 1. The molecular weight excluding hydrogens is 486 g/mol. The number of nitrogen functional groups attached to an aromatic ring is 1. The molecule has 0 unspecified atom stereocenters. The van der Waals surface area contributed by atoms with E-state index in [1.165, 1.54) is 6.20 Å². The topological polar surface area (TPSA) is 147 Å². The number of carbonyl (C=O) groups is 2. The number of aliphatic hydroxyl groups is 1. The van der Waals surface area contributed by atoms with Gasteiger partial charge in [0.15, 0.2) is 5.82 Å². The highest BCUT2D eigenvalue weighted by Gasteiger charge is 2.41. The number of anilines is 3. The number of hydrogen-bond donors (Lipinski definition) is 3. The number of nitrogens with two attached hydrogens (primary N) is 1. The molecule has 11 nitrogen and oxygen atoms in total. The van der Waals surface area contributed by atoms with Gasteiger partial charge in [-0.3, -0.25) is 10.1 Å². The van der Waals surface area contributed by atoms with Gasteiger partial charge < -0.3 is 25.4 Å². The number of nitrogens with one attached hydrogen (secondary N) is 1. The quantitative estimate of drug-likeness (QED) is 0.498. The first-order chi connectivity index (χ1) is 18.1. The molecule has 2 aromatic rings. The van der Waals surface area contributed by atoms with E-state index in [-0.39, 0.29) is 25.0 Å². The summed E-state index contributed by atoms with van der Waals surface area (Å²) < 4.78 is 5.35. The summed E-state index contributed by atoms with van der Waals surface area (Å²) in [6.45, 7) is 7.19. The molecule has 38 heavy (non-hydrogen) atoms. The second-order valence-electron chi connectivity index (χ2n) is 11.5. The molecule has 2 amide bonds. The molecule has 0 bridgehead atoms. The van der Waals surface area contributed by atoms with Crippen molar-refractivity contribution in [3.63, 3.8) is 0 Å². The first-order valence-electron chi connectivity index (χ1n) is 13.4. The van der Waals surface area contributed by atoms with E-state index in [0.717, 1.165) is 42.8 Å². The number of hydrogen-bond acceptors (Lipinski definition) is 9. The summed E-state index contributed by atoms with van der Waals surface area (Å²) in [5, 5.41) is 20.4. The maximum absolute atomic E-state index is 12.6. The molecule has 0 aromatic carbocycles. The summed E-state index contributed by atoms with van der Waals surface area (Å²) in [6, 6.07) is 3.77. The van der Waals surface area contributed by atoms with Crippen molar-refractivity contribution in [1.29, 1.82) is 0 Å². The fourth-order valence-electron chi connectivity index (χ4n) is 5.08.